The Morgan fingerprint density at radius 3 is 2.84 bits per heavy atom. The fourth-order valence-electron chi connectivity index (χ4n) is 2.06. The number of sulfonamides is 1. The van der Waals surface area contributed by atoms with E-state index in [1.807, 2.05) is 6.92 Å². The summed E-state index contributed by atoms with van der Waals surface area (Å²) in [5.74, 6) is -0.202. The molecule has 1 aliphatic heterocycles. The SMILES string of the molecule is CC1CCNCC1NS(=O)(=O)c1ccc(F)c(Br)c1. The van der Waals surface area contributed by atoms with Crippen LogP contribution in [0.25, 0.3) is 0 Å². The molecular weight excluding hydrogens is 335 g/mol. The molecule has 106 valence electrons. The van der Waals surface area contributed by atoms with Crippen molar-refractivity contribution < 1.29 is 12.8 Å². The molecule has 1 aromatic carbocycles. The molecule has 1 saturated heterocycles. The topological polar surface area (TPSA) is 58.2 Å². The predicted octanol–water partition coefficient (Wildman–Crippen LogP) is 1.86. The predicted molar refractivity (Wildman–Crippen MR) is 74.9 cm³/mol. The molecule has 2 rings (SSSR count). The lowest BCUT2D eigenvalue weighted by Gasteiger charge is -2.29. The van der Waals surface area contributed by atoms with Crippen LogP contribution in [0.3, 0.4) is 0 Å². The average molecular weight is 351 g/mol. The van der Waals surface area contributed by atoms with Gasteiger partial charge in [-0.1, -0.05) is 6.92 Å². The summed E-state index contributed by atoms with van der Waals surface area (Å²) in [6.45, 7) is 3.54. The van der Waals surface area contributed by atoms with Gasteiger partial charge in [0.25, 0.3) is 0 Å². The summed E-state index contributed by atoms with van der Waals surface area (Å²) in [6.07, 6.45) is 0.931. The smallest absolute Gasteiger partial charge is 0.240 e. The van der Waals surface area contributed by atoms with E-state index in [1.54, 1.807) is 0 Å². The normalized spacial score (nSPS) is 24.4. The summed E-state index contributed by atoms with van der Waals surface area (Å²) >= 11 is 3.00. The third-order valence-corrected chi connectivity index (χ3v) is 5.43. The Morgan fingerprint density at radius 2 is 2.21 bits per heavy atom. The third-order valence-electron chi connectivity index (χ3n) is 3.34. The quantitative estimate of drug-likeness (QED) is 0.874. The zero-order chi connectivity index (χ0) is 14.0. The lowest BCUT2D eigenvalue weighted by Crippen LogP contribution is -2.50. The fraction of sp³-hybridized carbons (Fsp3) is 0.500. The number of halogens is 2. The van der Waals surface area contributed by atoms with Gasteiger partial charge in [0.05, 0.1) is 9.37 Å². The van der Waals surface area contributed by atoms with Gasteiger partial charge in [0.15, 0.2) is 0 Å². The van der Waals surface area contributed by atoms with Gasteiger partial charge < -0.3 is 5.32 Å². The van der Waals surface area contributed by atoms with Crippen LogP contribution in [0.15, 0.2) is 27.6 Å². The van der Waals surface area contributed by atoms with E-state index in [0.29, 0.717) is 6.54 Å². The highest BCUT2D eigenvalue weighted by atomic mass is 79.9. The van der Waals surface area contributed by atoms with E-state index in [4.69, 9.17) is 0 Å². The van der Waals surface area contributed by atoms with Crippen LogP contribution in [-0.4, -0.2) is 27.5 Å². The van der Waals surface area contributed by atoms with Crippen molar-refractivity contribution in [2.75, 3.05) is 13.1 Å². The molecule has 0 aliphatic carbocycles. The lowest BCUT2D eigenvalue weighted by atomic mass is 9.96. The highest BCUT2D eigenvalue weighted by Crippen LogP contribution is 2.21. The largest absolute Gasteiger partial charge is 0.315 e. The van der Waals surface area contributed by atoms with Crippen LogP contribution < -0.4 is 10.0 Å². The maximum Gasteiger partial charge on any atom is 0.240 e. The van der Waals surface area contributed by atoms with Gasteiger partial charge in [0, 0.05) is 12.6 Å². The summed E-state index contributed by atoms with van der Waals surface area (Å²) < 4.78 is 40.4. The van der Waals surface area contributed by atoms with Crippen LogP contribution in [0.2, 0.25) is 0 Å². The van der Waals surface area contributed by atoms with Crippen LogP contribution >= 0.6 is 15.9 Å². The average Bonchev–Trinajstić information content (AvgIpc) is 2.35. The molecule has 2 N–H and O–H groups in total. The van der Waals surface area contributed by atoms with Crippen LogP contribution in [0, 0.1) is 11.7 Å². The summed E-state index contributed by atoms with van der Waals surface area (Å²) in [7, 11) is -3.62. The van der Waals surface area contributed by atoms with Crippen molar-refractivity contribution in [2.24, 2.45) is 5.92 Å². The Labute approximate surface area is 121 Å². The zero-order valence-electron chi connectivity index (χ0n) is 10.5. The first-order valence-electron chi connectivity index (χ1n) is 6.08. The maximum atomic E-state index is 13.1. The summed E-state index contributed by atoms with van der Waals surface area (Å²) in [6, 6.07) is 3.55. The molecule has 1 aliphatic rings. The second-order valence-corrected chi connectivity index (χ2v) is 7.34. The molecule has 0 aromatic heterocycles. The van der Waals surface area contributed by atoms with Gasteiger partial charge in [-0.3, -0.25) is 0 Å². The van der Waals surface area contributed by atoms with E-state index >= 15 is 0 Å². The number of nitrogens with one attached hydrogen (secondary N) is 2. The summed E-state index contributed by atoms with van der Waals surface area (Å²) in [5.41, 5.74) is 0. The van der Waals surface area contributed by atoms with Crippen molar-refractivity contribution in [3.63, 3.8) is 0 Å². The molecule has 19 heavy (non-hydrogen) atoms. The van der Waals surface area contributed by atoms with Gasteiger partial charge in [-0.2, -0.15) is 0 Å². The number of hydrogen-bond acceptors (Lipinski definition) is 3. The molecule has 1 fully saturated rings. The lowest BCUT2D eigenvalue weighted by molar-refractivity contribution is 0.327. The Balaban J connectivity index is 2.19. The minimum absolute atomic E-state index is 0.0681. The van der Waals surface area contributed by atoms with Crippen molar-refractivity contribution in [1.82, 2.24) is 10.0 Å². The van der Waals surface area contributed by atoms with Gasteiger partial charge in [0.1, 0.15) is 5.82 Å². The molecule has 0 spiro atoms. The Kier molecular flexibility index (Phi) is 4.60. The monoisotopic (exact) mass is 350 g/mol. The van der Waals surface area contributed by atoms with Gasteiger partial charge in [-0.15, -0.1) is 0 Å². The molecular formula is C12H16BrFN2O2S. The van der Waals surface area contributed by atoms with Crippen LogP contribution in [0.5, 0.6) is 0 Å². The van der Waals surface area contributed by atoms with Crippen molar-refractivity contribution in [2.45, 2.75) is 24.3 Å². The van der Waals surface area contributed by atoms with Crippen LogP contribution in [-0.2, 0) is 10.0 Å². The van der Waals surface area contributed by atoms with E-state index in [-0.39, 0.29) is 21.3 Å². The minimum Gasteiger partial charge on any atom is -0.315 e. The molecule has 1 heterocycles. The molecule has 0 amide bonds. The van der Waals surface area contributed by atoms with Gasteiger partial charge in [0.2, 0.25) is 10.0 Å². The summed E-state index contributed by atoms with van der Waals surface area (Å²) in [5, 5.41) is 3.16. The second-order valence-electron chi connectivity index (χ2n) is 4.77. The Hall–Kier alpha value is -0.500. The Morgan fingerprint density at radius 1 is 1.47 bits per heavy atom. The van der Waals surface area contributed by atoms with Gasteiger partial charge in [-0.05, 0) is 53.0 Å². The molecule has 2 atom stereocenters. The van der Waals surface area contributed by atoms with E-state index in [9.17, 15) is 12.8 Å². The second kappa shape index (κ2) is 5.87. The van der Waals surface area contributed by atoms with E-state index in [2.05, 4.69) is 26.0 Å². The zero-order valence-corrected chi connectivity index (χ0v) is 12.9. The van der Waals surface area contributed by atoms with Crippen molar-refractivity contribution in [3.05, 3.63) is 28.5 Å². The number of piperidine rings is 1. The van der Waals surface area contributed by atoms with Crippen molar-refractivity contribution >= 4 is 26.0 Å². The summed E-state index contributed by atoms with van der Waals surface area (Å²) in [4.78, 5) is 0.0681. The van der Waals surface area contributed by atoms with Crippen LogP contribution in [0.4, 0.5) is 4.39 Å². The van der Waals surface area contributed by atoms with Crippen molar-refractivity contribution in [3.8, 4) is 0 Å². The van der Waals surface area contributed by atoms with Gasteiger partial charge >= 0.3 is 0 Å². The molecule has 2 unspecified atom stereocenters. The first-order valence-corrected chi connectivity index (χ1v) is 8.36. The van der Waals surface area contributed by atoms with Gasteiger partial charge in [-0.25, -0.2) is 17.5 Å². The highest BCUT2D eigenvalue weighted by Gasteiger charge is 2.26. The first kappa shape index (κ1) is 14.9. The van der Waals surface area contributed by atoms with E-state index < -0.39 is 15.8 Å². The number of hydrogen-bond donors (Lipinski definition) is 2. The maximum absolute atomic E-state index is 13.1. The molecule has 7 heteroatoms. The molecule has 0 radical (unpaired) electrons. The fourth-order valence-corrected chi connectivity index (χ4v) is 3.96. The first-order chi connectivity index (χ1) is 8.90. The molecule has 0 bridgehead atoms. The van der Waals surface area contributed by atoms with E-state index in [1.165, 1.54) is 12.1 Å². The van der Waals surface area contributed by atoms with E-state index in [0.717, 1.165) is 19.0 Å². The van der Waals surface area contributed by atoms with Crippen molar-refractivity contribution in [1.29, 1.82) is 0 Å². The van der Waals surface area contributed by atoms with Crippen LogP contribution in [0.1, 0.15) is 13.3 Å². The minimum atomic E-state index is -3.62. The third kappa shape index (κ3) is 3.53. The number of rotatable bonds is 3. The molecule has 1 aromatic rings. The number of benzene rings is 1. The Bertz CT molecular complexity index is 565. The molecule has 0 saturated carbocycles. The standard InChI is InChI=1S/C12H16BrFN2O2S/c1-8-4-5-15-7-12(8)16-19(17,18)9-2-3-11(14)10(13)6-9/h2-3,6,8,12,15-16H,4-5,7H2,1H3. The molecule has 4 nitrogen and oxygen atoms in total. The highest BCUT2D eigenvalue weighted by molar-refractivity contribution is 9.10.